The molecule has 124 valence electrons. The predicted molar refractivity (Wildman–Crippen MR) is 96.4 cm³/mol. The minimum Gasteiger partial charge on any atom is -0.326 e. The van der Waals surface area contributed by atoms with Crippen molar-refractivity contribution in [1.29, 1.82) is 0 Å². The lowest BCUT2D eigenvalue weighted by Crippen LogP contribution is -2.46. The summed E-state index contributed by atoms with van der Waals surface area (Å²) in [4.78, 5) is 24.0. The summed E-state index contributed by atoms with van der Waals surface area (Å²) in [6, 6.07) is 14.9. The van der Waals surface area contributed by atoms with Crippen LogP contribution in [0.5, 0.6) is 0 Å². The van der Waals surface area contributed by atoms with Crippen molar-refractivity contribution in [2.24, 2.45) is 0 Å². The predicted octanol–water partition coefficient (Wildman–Crippen LogP) is 4.36. The van der Waals surface area contributed by atoms with Crippen molar-refractivity contribution in [2.45, 2.75) is 31.6 Å². The van der Waals surface area contributed by atoms with Crippen LogP contribution in [0.25, 0.3) is 0 Å². The molecular formula is C19H19ClN2O2. The van der Waals surface area contributed by atoms with Crippen LogP contribution in [0.15, 0.2) is 48.5 Å². The van der Waals surface area contributed by atoms with Gasteiger partial charge in [0.15, 0.2) is 0 Å². The Labute approximate surface area is 146 Å². The van der Waals surface area contributed by atoms with Crippen LogP contribution >= 0.6 is 11.6 Å². The van der Waals surface area contributed by atoms with Gasteiger partial charge in [0.05, 0.1) is 16.1 Å². The lowest BCUT2D eigenvalue weighted by atomic mass is 9.64. The first kappa shape index (κ1) is 16.5. The van der Waals surface area contributed by atoms with Gasteiger partial charge in [0, 0.05) is 12.6 Å². The molecule has 0 saturated heterocycles. The topological polar surface area (TPSA) is 58.2 Å². The molecule has 2 aromatic rings. The molecule has 1 fully saturated rings. The normalized spacial score (nSPS) is 15.2. The molecule has 0 radical (unpaired) electrons. The highest BCUT2D eigenvalue weighted by Crippen LogP contribution is 2.44. The molecule has 4 nitrogen and oxygen atoms in total. The molecule has 1 aliphatic rings. The highest BCUT2D eigenvalue weighted by Gasteiger charge is 2.45. The molecule has 0 bridgehead atoms. The smallest absolute Gasteiger partial charge is 0.235 e. The van der Waals surface area contributed by atoms with Gasteiger partial charge < -0.3 is 10.6 Å². The fourth-order valence-corrected chi connectivity index (χ4v) is 3.30. The minimum atomic E-state index is -0.471. The van der Waals surface area contributed by atoms with Crippen LogP contribution in [0.4, 0.5) is 11.4 Å². The molecule has 0 unspecified atom stereocenters. The monoisotopic (exact) mass is 342 g/mol. The molecule has 3 rings (SSSR count). The van der Waals surface area contributed by atoms with Crippen molar-refractivity contribution < 1.29 is 9.59 Å². The maximum Gasteiger partial charge on any atom is 0.235 e. The number of rotatable bonds is 4. The zero-order valence-electron chi connectivity index (χ0n) is 13.4. The summed E-state index contributed by atoms with van der Waals surface area (Å²) in [7, 11) is 0. The van der Waals surface area contributed by atoms with E-state index in [0.29, 0.717) is 16.4 Å². The Hall–Kier alpha value is -2.33. The van der Waals surface area contributed by atoms with Crippen molar-refractivity contribution in [1.82, 2.24) is 0 Å². The fourth-order valence-electron chi connectivity index (χ4n) is 3.07. The molecule has 5 heteroatoms. The number of carbonyl (C=O) groups is 2. The van der Waals surface area contributed by atoms with E-state index in [0.717, 1.165) is 24.8 Å². The summed E-state index contributed by atoms with van der Waals surface area (Å²) in [5.74, 6) is -0.200. The summed E-state index contributed by atoms with van der Waals surface area (Å²) in [5, 5.41) is 6.02. The van der Waals surface area contributed by atoms with E-state index in [1.54, 1.807) is 18.2 Å². The van der Waals surface area contributed by atoms with Crippen LogP contribution in [0.2, 0.25) is 5.02 Å². The fraction of sp³-hybridized carbons (Fsp3) is 0.263. The average Bonchev–Trinajstić information content (AvgIpc) is 2.49. The van der Waals surface area contributed by atoms with Crippen molar-refractivity contribution >= 4 is 34.8 Å². The van der Waals surface area contributed by atoms with Crippen LogP contribution in [0.3, 0.4) is 0 Å². The summed E-state index contributed by atoms with van der Waals surface area (Å²) < 4.78 is 0. The van der Waals surface area contributed by atoms with E-state index in [2.05, 4.69) is 10.6 Å². The number of hydrogen-bond donors (Lipinski definition) is 2. The largest absolute Gasteiger partial charge is 0.326 e. The van der Waals surface area contributed by atoms with Gasteiger partial charge in [-0.2, -0.15) is 0 Å². The number of amides is 2. The maximum atomic E-state index is 12.9. The standard InChI is InChI=1S/C19H19ClN2O2/c1-13(23)21-15-8-9-17(16(20)12-15)22-18(24)19(10-5-11-19)14-6-3-2-4-7-14/h2-4,6-9,12H,5,10-11H2,1H3,(H,21,23)(H,22,24). The SMILES string of the molecule is CC(=O)Nc1ccc(NC(=O)C2(c3ccccc3)CCC2)c(Cl)c1. The van der Waals surface area contributed by atoms with E-state index in [1.165, 1.54) is 6.92 Å². The Balaban J connectivity index is 1.80. The van der Waals surface area contributed by atoms with E-state index in [4.69, 9.17) is 11.6 Å². The highest BCUT2D eigenvalue weighted by atomic mass is 35.5. The van der Waals surface area contributed by atoms with Crippen LogP contribution in [0, 0.1) is 0 Å². The third kappa shape index (κ3) is 3.15. The van der Waals surface area contributed by atoms with Crippen LogP contribution in [-0.2, 0) is 15.0 Å². The Morgan fingerprint density at radius 3 is 2.29 bits per heavy atom. The number of carbonyl (C=O) groups excluding carboxylic acids is 2. The molecule has 1 aliphatic carbocycles. The first-order valence-electron chi connectivity index (χ1n) is 7.95. The molecule has 0 aromatic heterocycles. The quantitative estimate of drug-likeness (QED) is 0.867. The molecule has 0 spiro atoms. The Morgan fingerprint density at radius 2 is 1.75 bits per heavy atom. The summed E-state index contributed by atoms with van der Waals surface area (Å²) in [6.07, 6.45) is 2.71. The molecular weight excluding hydrogens is 324 g/mol. The summed E-state index contributed by atoms with van der Waals surface area (Å²) in [5.41, 5.74) is 1.73. The zero-order valence-corrected chi connectivity index (χ0v) is 14.2. The van der Waals surface area contributed by atoms with Crippen LogP contribution < -0.4 is 10.6 Å². The van der Waals surface area contributed by atoms with Gasteiger partial charge >= 0.3 is 0 Å². The van der Waals surface area contributed by atoms with E-state index in [-0.39, 0.29) is 11.8 Å². The first-order valence-corrected chi connectivity index (χ1v) is 8.33. The third-order valence-corrected chi connectivity index (χ3v) is 4.82. The molecule has 0 atom stereocenters. The van der Waals surface area contributed by atoms with Gasteiger partial charge in [-0.15, -0.1) is 0 Å². The van der Waals surface area contributed by atoms with E-state index in [9.17, 15) is 9.59 Å². The van der Waals surface area contributed by atoms with Crippen molar-refractivity contribution in [2.75, 3.05) is 10.6 Å². The van der Waals surface area contributed by atoms with E-state index < -0.39 is 5.41 Å². The molecule has 24 heavy (non-hydrogen) atoms. The van der Waals surface area contributed by atoms with Crippen molar-refractivity contribution in [3.8, 4) is 0 Å². The third-order valence-electron chi connectivity index (χ3n) is 4.51. The number of anilines is 2. The summed E-state index contributed by atoms with van der Waals surface area (Å²) in [6.45, 7) is 1.43. The molecule has 2 amide bonds. The zero-order chi connectivity index (χ0) is 17.2. The molecule has 1 saturated carbocycles. The molecule has 0 heterocycles. The van der Waals surface area contributed by atoms with Gasteiger partial charge in [-0.05, 0) is 36.6 Å². The number of benzene rings is 2. The number of halogens is 1. The first-order chi connectivity index (χ1) is 11.5. The highest BCUT2D eigenvalue weighted by molar-refractivity contribution is 6.34. The molecule has 2 aromatic carbocycles. The van der Waals surface area contributed by atoms with Gasteiger partial charge in [-0.25, -0.2) is 0 Å². The number of nitrogens with one attached hydrogen (secondary N) is 2. The minimum absolute atomic E-state index is 0.0332. The maximum absolute atomic E-state index is 12.9. The Bertz CT molecular complexity index is 770. The second kappa shape index (κ2) is 6.65. The average molecular weight is 343 g/mol. The second-order valence-corrected chi connectivity index (χ2v) is 6.54. The molecule has 0 aliphatic heterocycles. The lowest BCUT2D eigenvalue weighted by Gasteiger charge is -2.40. The second-order valence-electron chi connectivity index (χ2n) is 6.13. The summed E-state index contributed by atoms with van der Waals surface area (Å²) >= 11 is 6.25. The Morgan fingerprint density at radius 1 is 1.04 bits per heavy atom. The van der Waals surface area contributed by atoms with E-state index in [1.807, 2.05) is 30.3 Å². The lowest BCUT2D eigenvalue weighted by molar-refractivity contribution is -0.124. The van der Waals surface area contributed by atoms with Gasteiger partial charge in [0.25, 0.3) is 0 Å². The van der Waals surface area contributed by atoms with Gasteiger partial charge in [-0.1, -0.05) is 48.4 Å². The van der Waals surface area contributed by atoms with Crippen molar-refractivity contribution in [3.63, 3.8) is 0 Å². The van der Waals surface area contributed by atoms with Gasteiger partial charge in [0.1, 0.15) is 0 Å². The van der Waals surface area contributed by atoms with Crippen LogP contribution in [-0.4, -0.2) is 11.8 Å². The van der Waals surface area contributed by atoms with Gasteiger partial charge in [0.2, 0.25) is 11.8 Å². The number of hydrogen-bond acceptors (Lipinski definition) is 2. The van der Waals surface area contributed by atoms with E-state index >= 15 is 0 Å². The molecule has 2 N–H and O–H groups in total. The van der Waals surface area contributed by atoms with Gasteiger partial charge in [-0.3, -0.25) is 9.59 Å². The van der Waals surface area contributed by atoms with Crippen molar-refractivity contribution in [3.05, 3.63) is 59.1 Å². The van der Waals surface area contributed by atoms with Crippen LogP contribution in [0.1, 0.15) is 31.7 Å². The Kier molecular flexibility index (Phi) is 4.58.